The number of thioether (sulfide) groups is 1. The molecular weight excluding hydrogens is 186 g/mol. The molecule has 2 atom stereocenters. The van der Waals surface area contributed by atoms with Crippen molar-refractivity contribution in [2.45, 2.75) is 42.2 Å². The SMILES string of the molecule is O[C@H]1CCCC[C@@H]1Sc1ncn[nH]1. The van der Waals surface area contributed by atoms with Gasteiger partial charge in [-0.15, -0.1) is 0 Å². The van der Waals surface area contributed by atoms with Gasteiger partial charge in [0.1, 0.15) is 6.33 Å². The number of aliphatic hydroxyl groups excluding tert-OH is 1. The molecule has 1 aromatic heterocycles. The van der Waals surface area contributed by atoms with Crippen LogP contribution in [0.4, 0.5) is 0 Å². The van der Waals surface area contributed by atoms with Crippen LogP contribution in [-0.2, 0) is 0 Å². The van der Waals surface area contributed by atoms with Crippen molar-refractivity contribution in [2.75, 3.05) is 0 Å². The van der Waals surface area contributed by atoms with E-state index in [-0.39, 0.29) is 6.10 Å². The molecule has 0 aliphatic heterocycles. The monoisotopic (exact) mass is 199 g/mol. The number of nitrogens with one attached hydrogen (secondary N) is 1. The minimum Gasteiger partial charge on any atom is -0.392 e. The van der Waals surface area contributed by atoms with Crippen LogP contribution in [0, 0.1) is 0 Å². The van der Waals surface area contributed by atoms with Gasteiger partial charge in [0, 0.05) is 5.25 Å². The minimum absolute atomic E-state index is 0.177. The van der Waals surface area contributed by atoms with Crippen LogP contribution < -0.4 is 0 Å². The first kappa shape index (κ1) is 9.02. The lowest BCUT2D eigenvalue weighted by Gasteiger charge is -2.25. The van der Waals surface area contributed by atoms with E-state index in [1.54, 1.807) is 11.8 Å². The molecule has 0 radical (unpaired) electrons. The van der Waals surface area contributed by atoms with Crippen LogP contribution in [0.5, 0.6) is 0 Å². The molecule has 0 saturated heterocycles. The second kappa shape index (κ2) is 4.11. The summed E-state index contributed by atoms with van der Waals surface area (Å²) in [4.78, 5) is 4.03. The molecule has 4 nitrogen and oxygen atoms in total. The van der Waals surface area contributed by atoms with E-state index >= 15 is 0 Å². The van der Waals surface area contributed by atoms with E-state index in [1.165, 1.54) is 12.7 Å². The number of nitrogens with zero attached hydrogens (tertiary/aromatic N) is 2. The summed E-state index contributed by atoms with van der Waals surface area (Å²) in [5, 5.41) is 17.4. The van der Waals surface area contributed by atoms with Crippen LogP contribution in [0.15, 0.2) is 11.5 Å². The smallest absolute Gasteiger partial charge is 0.183 e. The predicted octanol–water partition coefficient (Wildman–Crippen LogP) is 1.20. The molecule has 0 bridgehead atoms. The Hall–Kier alpha value is -0.550. The lowest BCUT2D eigenvalue weighted by atomic mass is 9.97. The molecule has 0 amide bonds. The number of rotatable bonds is 2. The topological polar surface area (TPSA) is 61.8 Å². The van der Waals surface area contributed by atoms with Gasteiger partial charge in [0.15, 0.2) is 5.16 Å². The summed E-state index contributed by atoms with van der Waals surface area (Å²) in [6, 6.07) is 0. The zero-order valence-electron chi connectivity index (χ0n) is 7.31. The number of H-pyrrole nitrogens is 1. The molecule has 1 aromatic rings. The summed E-state index contributed by atoms with van der Waals surface area (Å²) in [5.41, 5.74) is 0. The summed E-state index contributed by atoms with van der Waals surface area (Å²) in [7, 11) is 0. The van der Waals surface area contributed by atoms with Gasteiger partial charge in [-0.25, -0.2) is 4.98 Å². The van der Waals surface area contributed by atoms with Gasteiger partial charge in [0.05, 0.1) is 6.10 Å². The molecule has 1 aliphatic carbocycles. The first-order valence-corrected chi connectivity index (χ1v) is 5.44. The zero-order chi connectivity index (χ0) is 9.10. The van der Waals surface area contributed by atoms with Crippen molar-refractivity contribution < 1.29 is 5.11 Å². The normalized spacial score (nSPS) is 29.0. The van der Waals surface area contributed by atoms with E-state index in [1.807, 2.05) is 0 Å². The van der Waals surface area contributed by atoms with E-state index in [2.05, 4.69) is 15.2 Å². The van der Waals surface area contributed by atoms with E-state index in [0.717, 1.165) is 24.4 Å². The van der Waals surface area contributed by atoms with Crippen molar-refractivity contribution in [1.82, 2.24) is 15.2 Å². The van der Waals surface area contributed by atoms with E-state index in [0.29, 0.717) is 5.25 Å². The van der Waals surface area contributed by atoms with Gasteiger partial charge < -0.3 is 5.11 Å². The summed E-state index contributed by atoms with van der Waals surface area (Å²) in [6.45, 7) is 0. The maximum absolute atomic E-state index is 9.68. The predicted molar refractivity (Wildman–Crippen MR) is 50.5 cm³/mol. The van der Waals surface area contributed by atoms with E-state index in [9.17, 15) is 5.11 Å². The van der Waals surface area contributed by atoms with Crippen molar-refractivity contribution in [3.8, 4) is 0 Å². The molecule has 5 heteroatoms. The van der Waals surface area contributed by atoms with Crippen LogP contribution in [0.2, 0.25) is 0 Å². The third kappa shape index (κ3) is 2.22. The number of hydrogen-bond donors (Lipinski definition) is 2. The van der Waals surface area contributed by atoms with Gasteiger partial charge in [-0.05, 0) is 12.8 Å². The average molecular weight is 199 g/mol. The molecule has 13 heavy (non-hydrogen) atoms. The Morgan fingerprint density at radius 1 is 1.46 bits per heavy atom. The molecule has 2 N–H and O–H groups in total. The highest BCUT2D eigenvalue weighted by Crippen LogP contribution is 2.31. The molecule has 1 fully saturated rings. The quantitative estimate of drug-likeness (QED) is 0.751. The lowest BCUT2D eigenvalue weighted by molar-refractivity contribution is 0.137. The van der Waals surface area contributed by atoms with Gasteiger partial charge in [-0.1, -0.05) is 24.6 Å². The van der Waals surface area contributed by atoms with Crippen molar-refractivity contribution in [1.29, 1.82) is 0 Å². The molecule has 1 aliphatic rings. The highest BCUT2D eigenvalue weighted by Gasteiger charge is 2.24. The number of hydrogen-bond acceptors (Lipinski definition) is 4. The first-order valence-electron chi connectivity index (χ1n) is 4.56. The fraction of sp³-hybridized carbons (Fsp3) is 0.750. The van der Waals surface area contributed by atoms with Gasteiger partial charge in [-0.2, -0.15) is 5.10 Å². The fourth-order valence-corrected chi connectivity index (χ4v) is 2.69. The maximum Gasteiger partial charge on any atom is 0.183 e. The summed E-state index contributed by atoms with van der Waals surface area (Å²) in [6.07, 6.45) is 5.68. The van der Waals surface area contributed by atoms with Gasteiger partial charge in [0.2, 0.25) is 0 Å². The third-order valence-corrected chi connectivity index (χ3v) is 3.60. The Labute approximate surface area is 81.1 Å². The second-order valence-corrected chi connectivity index (χ2v) is 4.53. The highest BCUT2D eigenvalue weighted by molar-refractivity contribution is 7.99. The number of aromatic amines is 1. The van der Waals surface area contributed by atoms with E-state index in [4.69, 9.17) is 0 Å². The van der Waals surface area contributed by atoms with Gasteiger partial charge >= 0.3 is 0 Å². The Bertz CT molecular complexity index is 252. The third-order valence-electron chi connectivity index (χ3n) is 2.32. The van der Waals surface area contributed by atoms with Crippen molar-refractivity contribution in [2.24, 2.45) is 0 Å². The fourth-order valence-electron chi connectivity index (χ4n) is 1.61. The van der Waals surface area contributed by atoms with Crippen LogP contribution in [-0.4, -0.2) is 31.6 Å². The molecule has 0 unspecified atom stereocenters. The molecule has 0 spiro atoms. The Morgan fingerprint density at radius 2 is 2.31 bits per heavy atom. The van der Waals surface area contributed by atoms with Crippen LogP contribution in [0.3, 0.4) is 0 Å². The summed E-state index contributed by atoms with van der Waals surface area (Å²) >= 11 is 1.60. The molecule has 72 valence electrons. The number of aromatic nitrogens is 3. The van der Waals surface area contributed by atoms with Crippen LogP contribution >= 0.6 is 11.8 Å². The minimum atomic E-state index is -0.177. The maximum atomic E-state index is 9.68. The average Bonchev–Trinajstić information content (AvgIpc) is 2.61. The molecule has 1 saturated carbocycles. The van der Waals surface area contributed by atoms with Crippen LogP contribution in [0.25, 0.3) is 0 Å². The van der Waals surface area contributed by atoms with E-state index < -0.39 is 0 Å². The van der Waals surface area contributed by atoms with Crippen molar-refractivity contribution >= 4 is 11.8 Å². The lowest BCUT2D eigenvalue weighted by Crippen LogP contribution is -2.26. The Kier molecular flexibility index (Phi) is 2.85. The molecule has 0 aromatic carbocycles. The highest BCUT2D eigenvalue weighted by atomic mass is 32.2. The standard InChI is InChI=1S/C8H13N3OS/c12-6-3-1-2-4-7(6)13-8-9-5-10-11-8/h5-7,12H,1-4H2,(H,9,10,11)/t6-,7-/m0/s1. The summed E-state index contributed by atoms with van der Waals surface area (Å²) < 4.78 is 0. The Balaban J connectivity index is 1.93. The van der Waals surface area contributed by atoms with Crippen LogP contribution in [0.1, 0.15) is 25.7 Å². The Morgan fingerprint density at radius 3 is 3.00 bits per heavy atom. The zero-order valence-corrected chi connectivity index (χ0v) is 8.13. The largest absolute Gasteiger partial charge is 0.392 e. The van der Waals surface area contributed by atoms with Gasteiger partial charge in [0.25, 0.3) is 0 Å². The van der Waals surface area contributed by atoms with Crippen molar-refractivity contribution in [3.05, 3.63) is 6.33 Å². The second-order valence-electron chi connectivity index (χ2n) is 3.30. The van der Waals surface area contributed by atoms with Crippen molar-refractivity contribution in [3.63, 3.8) is 0 Å². The summed E-state index contributed by atoms with van der Waals surface area (Å²) in [5.74, 6) is 0. The van der Waals surface area contributed by atoms with Gasteiger partial charge in [-0.3, -0.25) is 5.10 Å². The molecular formula is C8H13N3OS. The molecule has 2 rings (SSSR count). The molecule has 1 heterocycles. The first-order chi connectivity index (χ1) is 6.36. The number of aliphatic hydroxyl groups is 1.